The van der Waals surface area contributed by atoms with Crippen molar-refractivity contribution >= 4 is 34.3 Å². The van der Waals surface area contributed by atoms with E-state index in [1.165, 1.54) is 10.6 Å². The van der Waals surface area contributed by atoms with Gasteiger partial charge in [0.15, 0.2) is 5.69 Å². The molecule has 25 heavy (non-hydrogen) atoms. The molecule has 4 rings (SSSR count). The number of nitrogens with zero attached hydrogens (tertiary/aromatic N) is 3. The van der Waals surface area contributed by atoms with E-state index in [9.17, 15) is 4.79 Å². The largest absolute Gasteiger partial charge is 0.367 e. The van der Waals surface area contributed by atoms with E-state index in [4.69, 9.17) is 0 Å². The highest BCUT2D eigenvalue weighted by atomic mass is 32.2. The van der Waals surface area contributed by atoms with Gasteiger partial charge in [0.1, 0.15) is 0 Å². The van der Waals surface area contributed by atoms with Gasteiger partial charge in [-0.05, 0) is 24.5 Å². The molecule has 1 fully saturated rings. The van der Waals surface area contributed by atoms with Gasteiger partial charge in [0.2, 0.25) is 0 Å². The Kier molecular flexibility index (Phi) is 4.36. The Morgan fingerprint density at radius 2 is 1.76 bits per heavy atom. The molecule has 128 valence electrons. The number of hydrogen-bond acceptors (Lipinski definition) is 4. The van der Waals surface area contributed by atoms with E-state index in [1.54, 1.807) is 11.8 Å². The monoisotopic (exact) mass is 352 g/mol. The SMILES string of the molecule is CSc1ccccc1N1CCN(C(=O)c2n[nH]c3ccccc23)CC1. The van der Waals surface area contributed by atoms with Gasteiger partial charge in [-0.25, -0.2) is 0 Å². The third kappa shape index (κ3) is 2.98. The quantitative estimate of drug-likeness (QED) is 0.735. The number of anilines is 1. The third-order valence-corrected chi connectivity index (χ3v) is 5.45. The minimum absolute atomic E-state index is 0.00949. The van der Waals surface area contributed by atoms with Crippen molar-refractivity contribution in [2.45, 2.75) is 4.90 Å². The minimum Gasteiger partial charge on any atom is -0.367 e. The van der Waals surface area contributed by atoms with Crippen molar-refractivity contribution in [3.8, 4) is 0 Å². The van der Waals surface area contributed by atoms with Crippen molar-refractivity contribution in [3.05, 3.63) is 54.2 Å². The molecule has 0 aliphatic carbocycles. The van der Waals surface area contributed by atoms with E-state index in [1.807, 2.05) is 29.2 Å². The molecule has 0 unspecified atom stereocenters. The Hall–Kier alpha value is -2.47. The summed E-state index contributed by atoms with van der Waals surface area (Å²) in [4.78, 5) is 18.4. The summed E-state index contributed by atoms with van der Waals surface area (Å²) in [6, 6.07) is 16.2. The molecule has 0 bridgehead atoms. The number of nitrogens with one attached hydrogen (secondary N) is 1. The van der Waals surface area contributed by atoms with E-state index in [2.05, 4.69) is 45.6 Å². The number of carbonyl (C=O) groups is 1. The summed E-state index contributed by atoms with van der Waals surface area (Å²) in [5.74, 6) is 0.00949. The molecule has 1 aliphatic rings. The molecule has 5 nitrogen and oxygen atoms in total. The van der Waals surface area contributed by atoms with E-state index >= 15 is 0 Å². The zero-order chi connectivity index (χ0) is 17.2. The second-order valence-corrected chi connectivity index (χ2v) is 6.92. The number of thioether (sulfide) groups is 1. The Balaban J connectivity index is 1.49. The summed E-state index contributed by atoms with van der Waals surface area (Å²) in [6.45, 7) is 3.10. The molecular weight excluding hydrogens is 332 g/mol. The van der Waals surface area contributed by atoms with Gasteiger partial charge >= 0.3 is 0 Å². The number of carbonyl (C=O) groups excluding carboxylic acids is 1. The van der Waals surface area contributed by atoms with Crippen molar-refractivity contribution in [1.82, 2.24) is 15.1 Å². The maximum Gasteiger partial charge on any atom is 0.275 e. The summed E-state index contributed by atoms with van der Waals surface area (Å²) in [6.07, 6.45) is 2.10. The molecule has 0 saturated carbocycles. The summed E-state index contributed by atoms with van der Waals surface area (Å²) in [7, 11) is 0. The predicted molar refractivity (Wildman–Crippen MR) is 102 cm³/mol. The van der Waals surface area contributed by atoms with Gasteiger partial charge in [0, 0.05) is 36.5 Å². The molecular formula is C19H20N4OS. The highest BCUT2D eigenvalue weighted by Crippen LogP contribution is 2.29. The number of aromatic nitrogens is 2. The van der Waals surface area contributed by atoms with Crippen LogP contribution in [0.2, 0.25) is 0 Å². The molecule has 1 amide bonds. The smallest absolute Gasteiger partial charge is 0.275 e. The lowest BCUT2D eigenvalue weighted by Crippen LogP contribution is -2.49. The van der Waals surface area contributed by atoms with Crippen LogP contribution in [0, 0.1) is 0 Å². The van der Waals surface area contributed by atoms with Crippen LogP contribution in [0.25, 0.3) is 10.9 Å². The molecule has 6 heteroatoms. The fraction of sp³-hybridized carbons (Fsp3) is 0.263. The van der Waals surface area contributed by atoms with E-state index in [-0.39, 0.29) is 5.91 Å². The second kappa shape index (κ2) is 6.80. The van der Waals surface area contributed by atoms with Gasteiger partial charge in [-0.3, -0.25) is 9.89 Å². The zero-order valence-corrected chi connectivity index (χ0v) is 14.9. The first-order valence-electron chi connectivity index (χ1n) is 8.38. The highest BCUT2D eigenvalue weighted by molar-refractivity contribution is 7.98. The number of fused-ring (bicyclic) bond motifs is 1. The van der Waals surface area contributed by atoms with Crippen LogP contribution in [0.3, 0.4) is 0 Å². The van der Waals surface area contributed by atoms with Crippen LogP contribution >= 0.6 is 11.8 Å². The van der Waals surface area contributed by atoms with Gasteiger partial charge in [0.05, 0.1) is 11.2 Å². The third-order valence-electron chi connectivity index (χ3n) is 4.67. The molecule has 0 radical (unpaired) electrons. The van der Waals surface area contributed by atoms with Crippen molar-refractivity contribution in [1.29, 1.82) is 0 Å². The maximum absolute atomic E-state index is 12.9. The van der Waals surface area contributed by atoms with Crippen LogP contribution in [0.5, 0.6) is 0 Å². The number of aromatic amines is 1. The lowest BCUT2D eigenvalue weighted by Gasteiger charge is -2.36. The number of rotatable bonds is 3. The number of amides is 1. The summed E-state index contributed by atoms with van der Waals surface area (Å²) in [5, 5.41) is 8.08. The molecule has 0 spiro atoms. The Labute approximate surface area is 151 Å². The van der Waals surface area contributed by atoms with Crippen molar-refractivity contribution in [2.75, 3.05) is 37.3 Å². The van der Waals surface area contributed by atoms with E-state index in [0.717, 1.165) is 24.0 Å². The fourth-order valence-electron chi connectivity index (χ4n) is 3.32. The fourth-order valence-corrected chi connectivity index (χ4v) is 3.94. The molecule has 1 aliphatic heterocycles. The molecule has 1 N–H and O–H groups in total. The number of para-hydroxylation sites is 2. The standard InChI is InChI=1S/C19H20N4OS/c1-25-17-9-5-4-8-16(17)22-10-12-23(13-11-22)19(24)18-14-6-2-3-7-15(14)20-21-18/h2-9H,10-13H2,1H3,(H,20,21). The van der Waals surface area contributed by atoms with Crippen molar-refractivity contribution in [2.24, 2.45) is 0 Å². The maximum atomic E-state index is 12.9. The van der Waals surface area contributed by atoms with Gasteiger partial charge < -0.3 is 9.80 Å². The summed E-state index contributed by atoms with van der Waals surface area (Å²) >= 11 is 1.76. The first kappa shape index (κ1) is 16.0. The lowest BCUT2D eigenvalue weighted by atomic mass is 10.2. The first-order chi connectivity index (χ1) is 12.3. The van der Waals surface area contributed by atoms with Crippen LogP contribution < -0.4 is 4.90 Å². The van der Waals surface area contributed by atoms with Gasteiger partial charge in [0.25, 0.3) is 5.91 Å². The molecule has 1 saturated heterocycles. The summed E-state index contributed by atoms with van der Waals surface area (Å²) < 4.78 is 0. The predicted octanol–water partition coefficient (Wildman–Crippen LogP) is 3.25. The topological polar surface area (TPSA) is 52.2 Å². The average molecular weight is 352 g/mol. The normalized spacial score (nSPS) is 14.9. The van der Waals surface area contributed by atoms with Crippen LogP contribution in [-0.2, 0) is 0 Å². The number of H-pyrrole nitrogens is 1. The van der Waals surface area contributed by atoms with Crippen LogP contribution in [0.15, 0.2) is 53.4 Å². The van der Waals surface area contributed by atoms with Crippen LogP contribution in [-0.4, -0.2) is 53.4 Å². The Morgan fingerprint density at radius 1 is 1.04 bits per heavy atom. The number of hydrogen-bond donors (Lipinski definition) is 1. The van der Waals surface area contributed by atoms with E-state index < -0.39 is 0 Å². The highest BCUT2D eigenvalue weighted by Gasteiger charge is 2.25. The van der Waals surface area contributed by atoms with Crippen LogP contribution in [0.4, 0.5) is 5.69 Å². The summed E-state index contributed by atoms with van der Waals surface area (Å²) in [5.41, 5.74) is 2.68. The van der Waals surface area contributed by atoms with E-state index in [0.29, 0.717) is 18.8 Å². The zero-order valence-electron chi connectivity index (χ0n) is 14.1. The Bertz CT molecular complexity index is 899. The first-order valence-corrected chi connectivity index (χ1v) is 9.61. The Morgan fingerprint density at radius 3 is 2.56 bits per heavy atom. The minimum atomic E-state index is 0.00949. The lowest BCUT2D eigenvalue weighted by molar-refractivity contribution is 0.0742. The molecule has 1 aromatic heterocycles. The molecule has 0 atom stereocenters. The average Bonchev–Trinajstić information content (AvgIpc) is 3.11. The van der Waals surface area contributed by atoms with Gasteiger partial charge in [-0.15, -0.1) is 11.8 Å². The molecule has 2 heterocycles. The molecule has 2 aromatic carbocycles. The number of piperazine rings is 1. The van der Waals surface area contributed by atoms with Crippen molar-refractivity contribution < 1.29 is 4.79 Å². The van der Waals surface area contributed by atoms with Gasteiger partial charge in [-0.2, -0.15) is 5.10 Å². The van der Waals surface area contributed by atoms with Crippen LogP contribution in [0.1, 0.15) is 10.5 Å². The number of benzene rings is 2. The van der Waals surface area contributed by atoms with Crippen molar-refractivity contribution in [3.63, 3.8) is 0 Å². The second-order valence-electron chi connectivity index (χ2n) is 6.07. The molecule has 3 aromatic rings. The van der Waals surface area contributed by atoms with Gasteiger partial charge in [-0.1, -0.05) is 30.3 Å².